The standard InChI is InChI=1S/C21H21NO3S/c1-17-12-14-20(15-13-17)26(23,24)22-21(18-8-4-2-5-9-18)16-25-19-10-6-3-7-11-19/h2-15,21-22H,16H2,1H3. The van der Waals surface area contributed by atoms with Gasteiger partial charge in [-0.25, -0.2) is 13.1 Å². The van der Waals surface area contributed by atoms with Crippen LogP contribution in [0.4, 0.5) is 0 Å². The van der Waals surface area contributed by atoms with Gasteiger partial charge in [0, 0.05) is 0 Å². The first-order valence-electron chi connectivity index (χ1n) is 8.36. The number of rotatable bonds is 7. The molecule has 0 heterocycles. The normalized spacial score (nSPS) is 12.5. The van der Waals surface area contributed by atoms with Crippen molar-refractivity contribution in [3.63, 3.8) is 0 Å². The van der Waals surface area contributed by atoms with Crippen LogP contribution < -0.4 is 9.46 Å². The van der Waals surface area contributed by atoms with Crippen molar-refractivity contribution in [3.05, 3.63) is 96.1 Å². The lowest BCUT2D eigenvalue weighted by molar-refractivity contribution is 0.281. The smallest absolute Gasteiger partial charge is 0.241 e. The summed E-state index contributed by atoms with van der Waals surface area (Å²) < 4.78 is 34.1. The number of benzene rings is 3. The third-order valence-corrected chi connectivity index (χ3v) is 5.48. The molecule has 4 nitrogen and oxygen atoms in total. The van der Waals surface area contributed by atoms with Gasteiger partial charge in [0.1, 0.15) is 12.4 Å². The van der Waals surface area contributed by atoms with E-state index in [1.165, 1.54) is 0 Å². The highest BCUT2D eigenvalue weighted by atomic mass is 32.2. The largest absolute Gasteiger partial charge is 0.492 e. The third-order valence-electron chi connectivity index (χ3n) is 3.99. The second kappa shape index (κ2) is 8.17. The summed E-state index contributed by atoms with van der Waals surface area (Å²) in [5, 5.41) is 0. The molecule has 0 spiro atoms. The molecular weight excluding hydrogens is 346 g/mol. The van der Waals surface area contributed by atoms with Gasteiger partial charge in [0.2, 0.25) is 10.0 Å². The van der Waals surface area contributed by atoms with Gasteiger partial charge in [0.25, 0.3) is 0 Å². The van der Waals surface area contributed by atoms with Crippen molar-refractivity contribution in [1.82, 2.24) is 4.72 Å². The van der Waals surface area contributed by atoms with E-state index < -0.39 is 16.1 Å². The third kappa shape index (κ3) is 4.71. The highest BCUT2D eigenvalue weighted by molar-refractivity contribution is 7.89. The van der Waals surface area contributed by atoms with Crippen molar-refractivity contribution in [2.24, 2.45) is 0 Å². The molecule has 3 rings (SSSR count). The first-order chi connectivity index (χ1) is 12.5. The minimum Gasteiger partial charge on any atom is -0.492 e. The quantitative estimate of drug-likeness (QED) is 0.684. The minimum absolute atomic E-state index is 0.194. The number of hydrogen-bond acceptors (Lipinski definition) is 3. The Morgan fingerprint density at radius 2 is 1.42 bits per heavy atom. The van der Waals surface area contributed by atoms with E-state index in [-0.39, 0.29) is 11.5 Å². The second-order valence-electron chi connectivity index (χ2n) is 6.02. The summed E-state index contributed by atoms with van der Waals surface area (Å²) >= 11 is 0. The Morgan fingerprint density at radius 3 is 2.04 bits per heavy atom. The average Bonchev–Trinajstić information content (AvgIpc) is 2.67. The molecule has 0 radical (unpaired) electrons. The predicted molar refractivity (Wildman–Crippen MR) is 103 cm³/mol. The van der Waals surface area contributed by atoms with E-state index in [2.05, 4.69) is 4.72 Å². The summed E-state index contributed by atoms with van der Waals surface area (Å²) in [5.74, 6) is 0.697. The Kier molecular flexibility index (Phi) is 5.71. The Labute approximate surface area is 154 Å². The Balaban J connectivity index is 1.82. The van der Waals surface area contributed by atoms with E-state index in [1.54, 1.807) is 24.3 Å². The second-order valence-corrected chi connectivity index (χ2v) is 7.74. The molecule has 1 unspecified atom stereocenters. The molecule has 0 amide bonds. The van der Waals surface area contributed by atoms with Crippen LogP contribution >= 0.6 is 0 Å². The van der Waals surface area contributed by atoms with Crippen molar-refractivity contribution >= 4 is 10.0 Å². The van der Waals surface area contributed by atoms with Gasteiger partial charge in [-0.1, -0.05) is 66.2 Å². The van der Waals surface area contributed by atoms with E-state index in [4.69, 9.17) is 4.74 Å². The van der Waals surface area contributed by atoms with Gasteiger partial charge in [0.05, 0.1) is 10.9 Å². The van der Waals surface area contributed by atoms with Crippen LogP contribution in [0, 0.1) is 6.92 Å². The van der Waals surface area contributed by atoms with Crippen LogP contribution in [0.3, 0.4) is 0 Å². The lowest BCUT2D eigenvalue weighted by Crippen LogP contribution is -2.32. The van der Waals surface area contributed by atoms with Gasteiger partial charge in [-0.3, -0.25) is 0 Å². The van der Waals surface area contributed by atoms with Crippen molar-refractivity contribution in [1.29, 1.82) is 0 Å². The fourth-order valence-electron chi connectivity index (χ4n) is 2.55. The van der Waals surface area contributed by atoms with Gasteiger partial charge in [0.15, 0.2) is 0 Å². The van der Waals surface area contributed by atoms with E-state index in [1.807, 2.05) is 67.6 Å². The van der Waals surface area contributed by atoms with Crippen molar-refractivity contribution in [2.75, 3.05) is 6.61 Å². The van der Waals surface area contributed by atoms with E-state index in [0.29, 0.717) is 5.75 Å². The lowest BCUT2D eigenvalue weighted by Gasteiger charge is -2.20. The highest BCUT2D eigenvalue weighted by Gasteiger charge is 2.22. The topological polar surface area (TPSA) is 55.4 Å². The minimum atomic E-state index is -3.66. The molecule has 3 aromatic carbocycles. The summed E-state index contributed by atoms with van der Waals surface area (Å²) in [4.78, 5) is 0.240. The molecule has 0 aromatic heterocycles. The maximum absolute atomic E-state index is 12.8. The summed E-state index contributed by atoms with van der Waals surface area (Å²) in [6.07, 6.45) is 0. The molecule has 5 heteroatoms. The first-order valence-corrected chi connectivity index (χ1v) is 9.85. The zero-order valence-corrected chi connectivity index (χ0v) is 15.3. The summed E-state index contributed by atoms with van der Waals surface area (Å²) in [5.41, 5.74) is 1.86. The summed E-state index contributed by atoms with van der Waals surface area (Å²) in [6.45, 7) is 2.11. The Bertz CT molecular complexity index is 924. The number of hydrogen-bond donors (Lipinski definition) is 1. The predicted octanol–water partition coefficient (Wildman–Crippen LogP) is 4.09. The first kappa shape index (κ1) is 18.2. The zero-order valence-electron chi connectivity index (χ0n) is 14.5. The van der Waals surface area contributed by atoms with E-state index in [0.717, 1.165) is 11.1 Å². The van der Waals surface area contributed by atoms with Crippen LogP contribution in [-0.2, 0) is 10.0 Å². The van der Waals surface area contributed by atoms with Gasteiger partial charge in [-0.05, 0) is 36.8 Å². The number of ether oxygens (including phenoxy) is 1. The Morgan fingerprint density at radius 1 is 0.846 bits per heavy atom. The van der Waals surface area contributed by atoms with Crippen molar-refractivity contribution in [2.45, 2.75) is 17.9 Å². The zero-order chi connectivity index (χ0) is 18.4. The van der Waals surface area contributed by atoms with Gasteiger partial charge < -0.3 is 4.74 Å². The molecule has 134 valence electrons. The maximum Gasteiger partial charge on any atom is 0.241 e. The molecule has 3 aromatic rings. The highest BCUT2D eigenvalue weighted by Crippen LogP contribution is 2.20. The van der Waals surface area contributed by atoms with Crippen LogP contribution in [-0.4, -0.2) is 15.0 Å². The molecule has 26 heavy (non-hydrogen) atoms. The summed E-state index contributed by atoms with van der Waals surface area (Å²) in [7, 11) is -3.66. The van der Waals surface area contributed by atoms with Crippen LogP contribution in [0.15, 0.2) is 89.8 Å². The molecule has 1 N–H and O–H groups in total. The van der Waals surface area contributed by atoms with Crippen LogP contribution in [0.5, 0.6) is 5.75 Å². The monoisotopic (exact) mass is 367 g/mol. The molecule has 0 saturated carbocycles. The van der Waals surface area contributed by atoms with Crippen LogP contribution in [0.1, 0.15) is 17.2 Å². The molecule has 0 bridgehead atoms. The van der Waals surface area contributed by atoms with E-state index >= 15 is 0 Å². The van der Waals surface area contributed by atoms with Crippen molar-refractivity contribution < 1.29 is 13.2 Å². The SMILES string of the molecule is Cc1ccc(S(=O)(=O)NC(COc2ccccc2)c2ccccc2)cc1. The molecule has 0 saturated heterocycles. The molecule has 0 aliphatic heterocycles. The molecule has 0 fully saturated rings. The number of aryl methyl sites for hydroxylation is 1. The number of sulfonamides is 1. The fourth-order valence-corrected chi connectivity index (χ4v) is 3.76. The van der Waals surface area contributed by atoms with E-state index in [9.17, 15) is 8.42 Å². The van der Waals surface area contributed by atoms with Gasteiger partial charge in [-0.15, -0.1) is 0 Å². The van der Waals surface area contributed by atoms with Gasteiger partial charge >= 0.3 is 0 Å². The Hall–Kier alpha value is -2.63. The van der Waals surface area contributed by atoms with Crippen LogP contribution in [0.2, 0.25) is 0 Å². The maximum atomic E-state index is 12.8. The van der Waals surface area contributed by atoms with Crippen molar-refractivity contribution in [3.8, 4) is 5.75 Å². The molecular formula is C21H21NO3S. The fraction of sp³-hybridized carbons (Fsp3) is 0.143. The summed E-state index contributed by atoms with van der Waals surface area (Å²) in [6, 6.07) is 25.1. The number of nitrogens with one attached hydrogen (secondary N) is 1. The molecule has 0 aliphatic carbocycles. The average molecular weight is 367 g/mol. The van der Waals surface area contributed by atoms with Crippen LogP contribution in [0.25, 0.3) is 0 Å². The molecule has 0 aliphatic rings. The lowest BCUT2D eigenvalue weighted by atomic mass is 10.1. The van der Waals surface area contributed by atoms with Gasteiger partial charge in [-0.2, -0.15) is 0 Å². The molecule has 1 atom stereocenters. The number of para-hydroxylation sites is 1.